The molecule has 1 aliphatic carbocycles. The zero-order chi connectivity index (χ0) is 17.0. The molecule has 1 fully saturated rings. The summed E-state index contributed by atoms with van der Waals surface area (Å²) in [7, 11) is 0. The number of nitrogens with zero attached hydrogens (tertiary/aromatic N) is 5. The molecule has 0 bridgehead atoms. The van der Waals surface area contributed by atoms with Gasteiger partial charge in [-0.05, 0) is 31.9 Å². The summed E-state index contributed by atoms with van der Waals surface area (Å²) in [5, 5.41) is 8.48. The summed E-state index contributed by atoms with van der Waals surface area (Å²) in [4.78, 5) is 16.2. The molecule has 126 valence electrons. The van der Waals surface area contributed by atoms with Gasteiger partial charge >= 0.3 is 0 Å². The Morgan fingerprint density at radius 1 is 1.28 bits per heavy atom. The molecule has 7 nitrogen and oxygen atoms in total. The normalized spacial score (nSPS) is 15.8. The second-order valence-corrected chi connectivity index (χ2v) is 6.55. The molecule has 1 aliphatic rings. The first kappa shape index (κ1) is 14.3. The van der Waals surface area contributed by atoms with Crippen molar-refractivity contribution < 1.29 is 4.39 Å². The van der Waals surface area contributed by atoms with Crippen LogP contribution in [-0.2, 0) is 0 Å². The fourth-order valence-corrected chi connectivity index (χ4v) is 2.89. The second kappa shape index (κ2) is 4.98. The number of alkyl halides is 1. The van der Waals surface area contributed by atoms with Crippen LogP contribution in [0, 0.1) is 6.92 Å². The lowest BCUT2D eigenvalue weighted by Gasteiger charge is -2.07. The van der Waals surface area contributed by atoms with Crippen LogP contribution in [0.2, 0.25) is 0 Å². The number of imidazole rings is 1. The van der Waals surface area contributed by atoms with E-state index in [0.29, 0.717) is 24.4 Å². The number of halogens is 1. The van der Waals surface area contributed by atoms with Gasteiger partial charge in [0, 0.05) is 23.3 Å². The number of nitrogens with one attached hydrogen (secondary N) is 2. The highest BCUT2D eigenvalue weighted by Crippen LogP contribution is 2.39. The van der Waals surface area contributed by atoms with E-state index in [9.17, 15) is 4.39 Å². The van der Waals surface area contributed by atoms with E-state index in [2.05, 4.69) is 30.4 Å². The molecular formula is C17H16FN7. The average molecular weight is 337 g/mol. The first-order chi connectivity index (χ1) is 12.1. The van der Waals surface area contributed by atoms with E-state index in [4.69, 9.17) is 0 Å². The largest absolute Gasteiger partial charge is 0.351 e. The number of H-pyrrole nitrogens is 1. The third kappa shape index (κ3) is 2.41. The summed E-state index contributed by atoms with van der Waals surface area (Å²) in [5.41, 5.74) is 3.12. The second-order valence-electron chi connectivity index (χ2n) is 6.55. The summed E-state index contributed by atoms with van der Waals surface area (Å²) < 4.78 is 15.5. The van der Waals surface area contributed by atoms with Crippen LogP contribution in [-0.4, -0.2) is 41.8 Å². The lowest BCUT2D eigenvalue weighted by Crippen LogP contribution is -2.17. The number of hydrogen-bond donors (Lipinski definition) is 2. The molecule has 0 aromatic carbocycles. The molecule has 4 aromatic heterocycles. The molecule has 0 radical (unpaired) electrons. The number of aromatic nitrogens is 6. The van der Waals surface area contributed by atoms with Crippen LogP contribution in [0.25, 0.3) is 27.9 Å². The molecular weight excluding hydrogens is 321 g/mol. The summed E-state index contributed by atoms with van der Waals surface area (Å²) in [5.74, 6) is 0.429. The van der Waals surface area contributed by atoms with E-state index in [1.165, 1.54) is 0 Å². The van der Waals surface area contributed by atoms with Crippen LogP contribution in [0.1, 0.15) is 18.5 Å². The fourth-order valence-electron chi connectivity index (χ4n) is 2.89. The Balaban J connectivity index is 1.51. The third-order valence-corrected chi connectivity index (χ3v) is 4.60. The Labute approximate surface area is 142 Å². The average Bonchev–Trinajstić information content (AvgIpc) is 3.05. The summed E-state index contributed by atoms with van der Waals surface area (Å²) in [6.07, 6.45) is 6.61. The molecule has 0 amide bonds. The van der Waals surface area contributed by atoms with Gasteiger partial charge in [0.15, 0.2) is 5.65 Å². The third-order valence-electron chi connectivity index (χ3n) is 4.60. The zero-order valence-electron chi connectivity index (χ0n) is 13.6. The standard InChI is InChI=1S/C17H16FN7/c1-10-6-19-14-3-2-13(24-25(10)14)11-7-20-15-12(11)8-21-16(23-15)22-9-17(18)4-5-17/h2-3,6-8H,4-5,9H2,1H3,(H2,20,21,22,23). The van der Waals surface area contributed by atoms with Crippen LogP contribution in [0.3, 0.4) is 0 Å². The summed E-state index contributed by atoms with van der Waals surface area (Å²) in [6.45, 7) is 2.22. The number of aromatic amines is 1. The Bertz CT molecular complexity index is 1090. The Kier molecular flexibility index (Phi) is 2.85. The number of rotatable bonds is 4. The minimum absolute atomic E-state index is 0.254. The van der Waals surface area contributed by atoms with E-state index in [1.54, 1.807) is 16.9 Å². The monoisotopic (exact) mass is 337 g/mol. The minimum atomic E-state index is -1.08. The van der Waals surface area contributed by atoms with Gasteiger partial charge in [-0.3, -0.25) is 0 Å². The molecule has 0 aliphatic heterocycles. The molecule has 0 spiro atoms. The van der Waals surface area contributed by atoms with Crippen molar-refractivity contribution in [1.82, 2.24) is 29.5 Å². The van der Waals surface area contributed by atoms with Gasteiger partial charge in [0.05, 0.1) is 24.1 Å². The molecule has 5 rings (SSSR count). The van der Waals surface area contributed by atoms with Crippen molar-refractivity contribution in [3.05, 3.63) is 36.4 Å². The van der Waals surface area contributed by atoms with Crippen LogP contribution < -0.4 is 5.32 Å². The van der Waals surface area contributed by atoms with Crippen molar-refractivity contribution >= 4 is 22.6 Å². The van der Waals surface area contributed by atoms with E-state index in [1.807, 2.05) is 25.3 Å². The maximum Gasteiger partial charge on any atom is 0.224 e. The van der Waals surface area contributed by atoms with Gasteiger partial charge in [-0.2, -0.15) is 10.1 Å². The number of anilines is 1. The number of aryl methyl sites for hydroxylation is 1. The minimum Gasteiger partial charge on any atom is -0.351 e. The highest BCUT2D eigenvalue weighted by atomic mass is 19.1. The van der Waals surface area contributed by atoms with Crippen LogP contribution in [0.5, 0.6) is 0 Å². The Morgan fingerprint density at radius 3 is 3.00 bits per heavy atom. The first-order valence-electron chi connectivity index (χ1n) is 8.20. The van der Waals surface area contributed by atoms with E-state index in [-0.39, 0.29) is 6.54 Å². The molecule has 2 N–H and O–H groups in total. The van der Waals surface area contributed by atoms with Gasteiger partial charge in [0.1, 0.15) is 11.3 Å². The molecule has 1 saturated carbocycles. The first-order valence-corrected chi connectivity index (χ1v) is 8.20. The van der Waals surface area contributed by atoms with Gasteiger partial charge < -0.3 is 10.3 Å². The quantitative estimate of drug-likeness (QED) is 0.598. The zero-order valence-corrected chi connectivity index (χ0v) is 13.6. The molecule has 4 heterocycles. The number of hydrogen-bond acceptors (Lipinski definition) is 5. The van der Waals surface area contributed by atoms with Crippen LogP contribution in [0.4, 0.5) is 10.3 Å². The Morgan fingerprint density at radius 2 is 2.16 bits per heavy atom. The van der Waals surface area contributed by atoms with Gasteiger partial charge in [-0.1, -0.05) is 0 Å². The van der Waals surface area contributed by atoms with Gasteiger partial charge in [-0.15, -0.1) is 0 Å². The predicted octanol–water partition coefficient (Wildman–Crippen LogP) is 2.89. The van der Waals surface area contributed by atoms with Crippen molar-refractivity contribution in [1.29, 1.82) is 0 Å². The van der Waals surface area contributed by atoms with Crippen molar-refractivity contribution in [3.63, 3.8) is 0 Å². The van der Waals surface area contributed by atoms with E-state index >= 15 is 0 Å². The highest BCUT2D eigenvalue weighted by molar-refractivity contribution is 5.92. The molecule has 4 aromatic rings. The molecule has 0 atom stereocenters. The van der Waals surface area contributed by atoms with Gasteiger partial charge in [-0.25, -0.2) is 18.9 Å². The van der Waals surface area contributed by atoms with Crippen molar-refractivity contribution in [2.45, 2.75) is 25.4 Å². The lowest BCUT2D eigenvalue weighted by molar-refractivity contribution is 0.326. The SMILES string of the molecule is Cc1cnc2ccc(-c3c[nH]c4nc(NCC5(F)CC5)ncc34)nn12. The van der Waals surface area contributed by atoms with Crippen LogP contribution in [0.15, 0.2) is 30.7 Å². The molecule has 0 unspecified atom stereocenters. The molecule has 25 heavy (non-hydrogen) atoms. The Hall–Kier alpha value is -3.03. The smallest absolute Gasteiger partial charge is 0.224 e. The summed E-state index contributed by atoms with van der Waals surface area (Å²) in [6, 6.07) is 3.86. The van der Waals surface area contributed by atoms with E-state index in [0.717, 1.165) is 28.0 Å². The fraction of sp³-hybridized carbons (Fsp3) is 0.294. The lowest BCUT2D eigenvalue weighted by atomic mass is 10.2. The predicted molar refractivity (Wildman–Crippen MR) is 92.2 cm³/mol. The van der Waals surface area contributed by atoms with Crippen molar-refractivity contribution in [2.75, 3.05) is 11.9 Å². The van der Waals surface area contributed by atoms with Gasteiger partial charge in [0.25, 0.3) is 0 Å². The van der Waals surface area contributed by atoms with Crippen LogP contribution >= 0.6 is 0 Å². The maximum atomic E-state index is 13.7. The van der Waals surface area contributed by atoms with Crippen molar-refractivity contribution in [3.8, 4) is 11.3 Å². The maximum absolute atomic E-state index is 13.7. The van der Waals surface area contributed by atoms with E-state index < -0.39 is 5.67 Å². The number of fused-ring (bicyclic) bond motifs is 2. The van der Waals surface area contributed by atoms with Crippen molar-refractivity contribution in [2.24, 2.45) is 0 Å². The molecule has 0 saturated heterocycles. The van der Waals surface area contributed by atoms with Gasteiger partial charge in [0.2, 0.25) is 5.95 Å². The molecule has 8 heteroatoms. The summed E-state index contributed by atoms with van der Waals surface area (Å²) >= 11 is 0. The highest BCUT2D eigenvalue weighted by Gasteiger charge is 2.43. The topological polar surface area (TPSA) is 83.8 Å².